The molecule has 0 unspecified atom stereocenters. The molecule has 0 aliphatic heterocycles. The summed E-state index contributed by atoms with van der Waals surface area (Å²) in [5.41, 5.74) is 0. The van der Waals surface area contributed by atoms with Gasteiger partial charge in [-0.05, 0) is 12.8 Å². The maximum atomic E-state index is 8.09. The van der Waals surface area contributed by atoms with Gasteiger partial charge in [-0.25, -0.2) is 0 Å². The van der Waals surface area contributed by atoms with Crippen molar-refractivity contribution in [1.82, 2.24) is 0 Å². The van der Waals surface area contributed by atoms with Crippen LogP contribution in [0, 0.1) is 0 Å². The van der Waals surface area contributed by atoms with E-state index in [1.165, 1.54) is 0 Å². The molecule has 0 rings (SSSR count). The van der Waals surface area contributed by atoms with Crippen LogP contribution < -0.4 is 0 Å². The highest BCUT2D eigenvalue weighted by Crippen LogP contribution is 1.80. The van der Waals surface area contributed by atoms with Gasteiger partial charge < -0.3 is 10.2 Å². The fourth-order valence-electron chi connectivity index (χ4n) is 0.224. The molecule has 60 valence electrons. The summed E-state index contributed by atoms with van der Waals surface area (Å²) >= 11 is 0. The van der Waals surface area contributed by atoms with Gasteiger partial charge in [-0.2, -0.15) is 0 Å². The highest BCUT2D eigenvalue weighted by Gasteiger charge is 1.77. The molecule has 0 aromatic rings. The van der Waals surface area contributed by atoms with Crippen LogP contribution in [-0.2, 0) is 0 Å². The van der Waals surface area contributed by atoms with E-state index < -0.39 is 0 Å². The largest absolute Gasteiger partial charge is 0.396 e. The van der Waals surface area contributed by atoms with Crippen LogP contribution in [0.1, 0.15) is 12.8 Å². The van der Waals surface area contributed by atoms with Gasteiger partial charge in [0.05, 0.1) is 0 Å². The number of allylic oxidation sites excluding steroid dienone is 2. The number of aliphatic hydroxyl groups excluding tert-OH is 2. The fraction of sp³-hybridized carbons (Fsp3) is 0.500. The Balaban J connectivity index is 0. The molecular formula is C8H16O2. The predicted octanol–water partition coefficient (Wildman–Crippen LogP) is 1.11. The Hall–Kier alpha value is -0.600. The van der Waals surface area contributed by atoms with E-state index in [4.69, 9.17) is 10.2 Å². The van der Waals surface area contributed by atoms with Gasteiger partial charge in [0.25, 0.3) is 0 Å². The molecule has 0 atom stereocenters. The second kappa shape index (κ2) is 15.8. The number of unbranched alkanes of at least 4 members (excludes halogenated alkanes) is 1. The lowest BCUT2D eigenvalue weighted by Gasteiger charge is -1.85. The first kappa shape index (κ1) is 12.1. The molecule has 2 heteroatoms. The van der Waals surface area contributed by atoms with Crippen LogP contribution in [0.25, 0.3) is 0 Å². The average Bonchev–Trinajstić information content (AvgIpc) is 2.01. The maximum absolute atomic E-state index is 8.09. The monoisotopic (exact) mass is 144 g/mol. The van der Waals surface area contributed by atoms with Crippen LogP contribution in [0.2, 0.25) is 0 Å². The molecule has 0 aliphatic carbocycles. The van der Waals surface area contributed by atoms with Crippen molar-refractivity contribution in [3.8, 4) is 0 Å². The summed E-state index contributed by atoms with van der Waals surface area (Å²) in [6.07, 6.45) is 4.72. The molecule has 0 aromatic heterocycles. The summed E-state index contributed by atoms with van der Waals surface area (Å²) in [6, 6.07) is 0. The Morgan fingerprint density at radius 3 is 1.30 bits per heavy atom. The van der Waals surface area contributed by atoms with Gasteiger partial charge in [0.2, 0.25) is 0 Å². The number of hydrogen-bond acceptors (Lipinski definition) is 2. The fourth-order valence-corrected chi connectivity index (χ4v) is 0.224. The molecule has 0 aliphatic rings. The molecule has 0 spiro atoms. The summed E-state index contributed by atoms with van der Waals surface area (Å²) in [7, 11) is 0. The van der Waals surface area contributed by atoms with Crippen LogP contribution in [0.5, 0.6) is 0 Å². The van der Waals surface area contributed by atoms with Crippen molar-refractivity contribution in [1.29, 1.82) is 0 Å². The third-order valence-electron chi connectivity index (χ3n) is 0.733. The van der Waals surface area contributed by atoms with Crippen molar-refractivity contribution in [2.24, 2.45) is 0 Å². The molecule has 0 fully saturated rings. The van der Waals surface area contributed by atoms with Gasteiger partial charge in [0.1, 0.15) is 0 Å². The van der Waals surface area contributed by atoms with E-state index in [9.17, 15) is 0 Å². The molecule has 0 saturated carbocycles. The van der Waals surface area contributed by atoms with Crippen molar-refractivity contribution in [2.75, 3.05) is 13.2 Å². The zero-order valence-electron chi connectivity index (χ0n) is 6.29. The highest BCUT2D eigenvalue weighted by atomic mass is 16.3. The van der Waals surface area contributed by atoms with E-state index in [2.05, 4.69) is 13.2 Å². The van der Waals surface area contributed by atoms with Crippen LogP contribution in [-0.4, -0.2) is 23.4 Å². The first-order chi connectivity index (χ1) is 4.83. The van der Waals surface area contributed by atoms with Gasteiger partial charge >= 0.3 is 0 Å². The lowest BCUT2D eigenvalue weighted by Crippen LogP contribution is -1.85. The van der Waals surface area contributed by atoms with Crippen molar-refractivity contribution in [3.05, 3.63) is 25.3 Å². The van der Waals surface area contributed by atoms with E-state index in [1.54, 1.807) is 12.2 Å². The molecule has 2 N–H and O–H groups in total. The first-order valence-corrected chi connectivity index (χ1v) is 3.28. The van der Waals surface area contributed by atoms with Crippen LogP contribution in [0.3, 0.4) is 0 Å². The van der Waals surface area contributed by atoms with Crippen molar-refractivity contribution in [3.63, 3.8) is 0 Å². The third kappa shape index (κ3) is 26.2. The zero-order valence-corrected chi connectivity index (χ0v) is 6.29. The molecule has 0 amide bonds. The lowest BCUT2D eigenvalue weighted by atomic mass is 10.3. The first-order valence-electron chi connectivity index (χ1n) is 3.28. The lowest BCUT2D eigenvalue weighted by molar-refractivity contribution is 0.242. The SMILES string of the molecule is C=CC=C.OCCCCO. The Kier molecular flexibility index (Phi) is 19.1. The average molecular weight is 144 g/mol. The van der Waals surface area contributed by atoms with Crippen LogP contribution >= 0.6 is 0 Å². The molecule has 0 heterocycles. The van der Waals surface area contributed by atoms with Gasteiger partial charge in [-0.1, -0.05) is 25.3 Å². The molecule has 0 bridgehead atoms. The van der Waals surface area contributed by atoms with E-state index in [-0.39, 0.29) is 13.2 Å². The predicted molar refractivity (Wildman–Crippen MR) is 43.8 cm³/mol. The number of rotatable bonds is 4. The third-order valence-corrected chi connectivity index (χ3v) is 0.733. The minimum absolute atomic E-state index is 0.195. The quantitative estimate of drug-likeness (QED) is 0.458. The Morgan fingerprint density at radius 1 is 0.900 bits per heavy atom. The molecule has 2 nitrogen and oxygen atoms in total. The molecular weight excluding hydrogens is 128 g/mol. The van der Waals surface area contributed by atoms with E-state index in [0.29, 0.717) is 0 Å². The van der Waals surface area contributed by atoms with Gasteiger partial charge in [0, 0.05) is 13.2 Å². The van der Waals surface area contributed by atoms with Crippen LogP contribution in [0.4, 0.5) is 0 Å². The van der Waals surface area contributed by atoms with E-state index >= 15 is 0 Å². The second-order valence-electron chi connectivity index (χ2n) is 1.63. The van der Waals surface area contributed by atoms with Gasteiger partial charge in [0.15, 0.2) is 0 Å². The van der Waals surface area contributed by atoms with Gasteiger partial charge in [-0.15, -0.1) is 0 Å². The summed E-state index contributed by atoms with van der Waals surface area (Å²) in [6.45, 7) is 7.11. The van der Waals surface area contributed by atoms with Crippen molar-refractivity contribution in [2.45, 2.75) is 12.8 Å². The standard InChI is InChI=1S/C4H10O2.C4H6/c5-3-1-2-4-6;1-3-4-2/h5-6H,1-4H2;3-4H,1-2H2. The summed E-state index contributed by atoms with van der Waals surface area (Å²) in [5, 5.41) is 16.2. The van der Waals surface area contributed by atoms with E-state index in [0.717, 1.165) is 12.8 Å². The molecule has 0 saturated heterocycles. The maximum Gasteiger partial charge on any atom is 0.0431 e. The summed E-state index contributed by atoms with van der Waals surface area (Å²) in [5.74, 6) is 0. The minimum Gasteiger partial charge on any atom is -0.396 e. The normalized spacial score (nSPS) is 7.40. The Morgan fingerprint density at radius 2 is 1.20 bits per heavy atom. The smallest absolute Gasteiger partial charge is 0.0431 e. The second-order valence-corrected chi connectivity index (χ2v) is 1.63. The van der Waals surface area contributed by atoms with Crippen LogP contribution in [0.15, 0.2) is 25.3 Å². The van der Waals surface area contributed by atoms with Gasteiger partial charge in [-0.3, -0.25) is 0 Å². The minimum atomic E-state index is 0.195. The number of hydrogen-bond donors (Lipinski definition) is 2. The molecule has 0 aromatic carbocycles. The molecule has 0 radical (unpaired) electrons. The Labute approximate surface area is 62.5 Å². The number of aliphatic hydroxyl groups is 2. The van der Waals surface area contributed by atoms with Crippen molar-refractivity contribution < 1.29 is 10.2 Å². The topological polar surface area (TPSA) is 40.5 Å². The summed E-state index contributed by atoms with van der Waals surface area (Å²) in [4.78, 5) is 0. The Bertz CT molecular complexity index is 59.7. The highest BCUT2D eigenvalue weighted by molar-refractivity contribution is 4.88. The van der Waals surface area contributed by atoms with E-state index in [1.807, 2.05) is 0 Å². The summed E-state index contributed by atoms with van der Waals surface area (Å²) < 4.78 is 0. The zero-order chi connectivity index (χ0) is 8.24. The van der Waals surface area contributed by atoms with Crippen molar-refractivity contribution >= 4 is 0 Å². The molecule has 10 heavy (non-hydrogen) atoms.